The standard InChI is InChI=1S/C12H24N2/c1-11-4-3-7-14(9-11)10-12-5-2-6-13-8-12/h11-13H,2-10H2,1H3. The molecule has 0 aromatic heterocycles. The Morgan fingerprint density at radius 2 is 2.21 bits per heavy atom. The van der Waals surface area contributed by atoms with E-state index in [-0.39, 0.29) is 0 Å². The van der Waals surface area contributed by atoms with Crippen molar-refractivity contribution in [1.82, 2.24) is 10.2 Å². The Hall–Kier alpha value is -0.0800. The van der Waals surface area contributed by atoms with Gasteiger partial charge in [0.2, 0.25) is 0 Å². The highest BCUT2D eigenvalue weighted by molar-refractivity contribution is 4.76. The largest absolute Gasteiger partial charge is 0.316 e. The Bertz CT molecular complexity index is 164. The highest BCUT2D eigenvalue weighted by Gasteiger charge is 2.20. The molecule has 0 saturated carbocycles. The molecule has 82 valence electrons. The van der Waals surface area contributed by atoms with Crippen LogP contribution in [0.3, 0.4) is 0 Å². The van der Waals surface area contributed by atoms with Crippen molar-refractivity contribution >= 4 is 0 Å². The van der Waals surface area contributed by atoms with Crippen LogP contribution in [0.25, 0.3) is 0 Å². The minimum atomic E-state index is 0.925. The molecular weight excluding hydrogens is 172 g/mol. The molecule has 0 amide bonds. The predicted molar refractivity (Wildman–Crippen MR) is 60.4 cm³/mol. The molecule has 0 aromatic rings. The molecular formula is C12H24N2. The van der Waals surface area contributed by atoms with Gasteiger partial charge >= 0.3 is 0 Å². The van der Waals surface area contributed by atoms with Gasteiger partial charge in [-0.3, -0.25) is 0 Å². The SMILES string of the molecule is CC1CCCN(CC2CCCNC2)C1. The monoisotopic (exact) mass is 196 g/mol. The summed E-state index contributed by atoms with van der Waals surface area (Å²) in [6.45, 7) is 8.93. The van der Waals surface area contributed by atoms with E-state index >= 15 is 0 Å². The molecule has 2 saturated heterocycles. The summed E-state index contributed by atoms with van der Waals surface area (Å²) in [6, 6.07) is 0. The van der Waals surface area contributed by atoms with E-state index < -0.39 is 0 Å². The molecule has 2 nitrogen and oxygen atoms in total. The predicted octanol–water partition coefficient (Wildman–Crippen LogP) is 1.72. The van der Waals surface area contributed by atoms with Gasteiger partial charge in [0.05, 0.1) is 0 Å². The molecule has 2 unspecified atom stereocenters. The number of hydrogen-bond acceptors (Lipinski definition) is 2. The van der Waals surface area contributed by atoms with Crippen LogP contribution < -0.4 is 5.32 Å². The second-order valence-corrected chi connectivity index (χ2v) is 5.22. The molecule has 2 heteroatoms. The lowest BCUT2D eigenvalue weighted by atomic mass is 9.95. The molecule has 2 heterocycles. The summed E-state index contributed by atoms with van der Waals surface area (Å²) in [5, 5.41) is 3.51. The maximum Gasteiger partial charge on any atom is 0.00219 e. The summed E-state index contributed by atoms with van der Waals surface area (Å²) < 4.78 is 0. The number of likely N-dealkylation sites (tertiary alicyclic amines) is 1. The summed E-state index contributed by atoms with van der Waals surface area (Å²) in [6.07, 6.45) is 5.69. The fourth-order valence-corrected chi connectivity index (χ4v) is 2.90. The molecule has 2 aliphatic rings. The van der Waals surface area contributed by atoms with Crippen LogP contribution >= 0.6 is 0 Å². The number of nitrogens with one attached hydrogen (secondary N) is 1. The Morgan fingerprint density at radius 3 is 2.93 bits per heavy atom. The Labute approximate surface area is 88.1 Å². The topological polar surface area (TPSA) is 15.3 Å². The van der Waals surface area contributed by atoms with Gasteiger partial charge in [-0.25, -0.2) is 0 Å². The van der Waals surface area contributed by atoms with Crippen LogP contribution in [0.4, 0.5) is 0 Å². The number of hydrogen-bond donors (Lipinski definition) is 1. The Morgan fingerprint density at radius 1 is 1.29 bits per heavy atom. The van der Waals surface area contributed by atoms with E-state index in [2.05, 4.69) is 17.1 Å². The zero-order valence-corrected chi connectivity index (χ0v) is 9.47. The van der Waals surface area contributed by atoms with Crippen molar-refractivity contribution in [3.63, 3.8) is 0 Å². The van der Waals surface area contributed by atoms with Crippen molar-refractivity contribution in [3.05, 3.63) is 0 Å². The third kappa shape index (κ3) is 2.96. The van der Waals surface area contributed by atoms with Gasteiger partial charge in [0.1, 0.15) is 0 Å². The van der Waals surface area contributed by atoms with E-state index in [4.69, 9.17) is 0 Å². The van der Waals surface area contributed by atoms with Crippen molar-refractivity contribution in [2.75, 3.05) is 32.7 Å². The molecule has 2 atom stereocenters. The van der Waals surface area contributed by atoms with Gasteiger partial charge in [-0.2, -0.15) is 0 Å². The van der Waals surface area contributed by atoms with Gasteiger partial charge in [-0.05, 0) is 57.2 Å². The van der Waals surface area contributed by atoms with Crippen LogP contribution in [-0.2, 0) is 0 Å². The van der Waals surface area contributed by atoms with Crippen LogP contribution in [0.2, 0.25) is 0 Å². The summed E-state index contributed by atoms with van der Waals surface area (Å²) in [7, 11) is 0. The molecule has 0 spiro atoms. The van der Waals surface area contributed by atoms with Gasteiger partial charge in [0, 0.05) is 13.1 Å². The first kappa shape index (κ1) is 10.4. The van der Waals surface area contributed by atoms with Gasteiger partial charge < -0.3 is 10.2 Å². The summed E-state index contributed by atoms with van der Waals surface area (Å²) >= 11 is 0. The number of rotatable bonds is 2. The van der Waals surface area contributed by atoms with Gasteiger partial charge in [-0.15, -0.1) is 0 Å². The molecule has 1 N–H and O–H groups in total. The van der Waals surface area contributed by atoms with Gasteiger partial charge in [-0.1, -0.05) is 6.92 Å². The summed E-state index contributed by atoms with van der Waals surface area (Å²) in [5.74, 6) is 1.86. The third-order valence-electron chi connectivity index (χ3n) is 3.66. The summed E-state index contributed by atoms with van der Waals surface area (Å²) in [4.78, 5) is 2.69. The van der Waals surface area contributed by atoms with Crippen molar-refractivity contribution in [2.45, 2.75) is 32.6 Å². The van der Waals surface area contributed by atoms with Crippen LogP contribution in [0.1, 0.15) is 32.6 Å². The maximum atomic E-state index is 3.51. The minimum absolute atomic E-state index is 0.925. The van der Waals surface area contributed by atoms with Crippen molar-refractivity contribution in [3.8, 4) is 0 Å². The van der Waals surface area contributed by atoms with E-state index in [1.54, 1.807) is 0 Å². The van der Waals surface area contributed by atoms with E-state index in [0.717, 1.165) is 11.8 Å². The fourth-order valence-electron chi connectivity index (χ4n) is 2.90. The van der Waals surface area contributed by atoms with E-state index in [0.29, 0.717) is 0 Å². The van der Waals surface area contributed by atoms with Gasteiger partial charge in [0.15, 0.2) is 0 Å². The van der Waals surface area contributed by atoms with E-state index in [9.17, 15) is 0 Å². The average Bonchev–Trinajstić information content (AvgIpc) is 2.19. The van der Waals surface area contributed by atoms with Crippen molar-refractivity contribution < 1.29 is 0 Å². The lowest BCUT2D eigenvalue weighted by molar-refractivity contribution is 0.148. The van der Waals surface area contributed by atoms with Crippen molar-refractivity contribution in [2.24, 2.45) is 11.8 Å². The highest BCUT2D eigenvalue weighted by Crippen LogP contribution is 2.18. The molecule has 2 rings (SSSR count). The molecule has 2 fully saturated rings. The van der Waals surface area contributed by atoms with Crippen LogP contribution in [0.15, 0.2) is 0 Å². The second-order valence-electron chi connectivity index (χ2n) is 5.22. The second kappa shape index (κ2) is 5.13. The van der Waals surface area contributed by atoms with E-state index in [1.807, 2.05) is 0 Å². The Kier molecular flexibility index (Phi) is 3.82. The van der Waals surface area contributed by atoms with Crippen molar-refractivity contribution in [1.29, 1.82) is 0 Å². The van der Waals surface area contributed by atoms with Crippen LogP contribution in [-0.4, -0.2) is 37.6 Å². The van der Waals surface area contributed by atoms with E-state index in [1.165, 1.54) is 58.4 Å². The lowest BCUT2D eigenvalue weighted by Crippen LogP contribution is -2.42. The number of piperidine rings is 2. The molecule has 0 aliphatic carbocycles. The number of nitrogens with zero attached hydrogens (tertiary/aromatic N) is 1. The molecule has 2 aliphatic heterocycles. The smallest absolute Gasteiger partial charge is 0.00219 e. The first-order valence-electron chi connectivity index (χ1n) is 6.27. The van der Waals surface area contributed by atoms with Crippen LogP contribution in [0.5, 0.6) is 0 Å². The zero-order valence-electron chi connectivity index (χ0n) is 9.47. The average molecular weight is 196 g/mol. The molecule has 14 heavy (non-hydrogen) atoms. The summed E-state index contributed by atoms with van der Waals surface area (Å²) in [5.41, 5.74) is 0. The molecule has 0 bridgehead atoms. The lowest BCUT2D eigenvalue weighted by Gasteiger charge is -2.35. The first-order chi connectivity index (χ1) is 6.84. The molecule has 0 radical (unpaired) electrons. The maximum absolute atomic E-state index is 3.51. The zero-order chi connectivity index (χ0) is 9.80. The Balaban J connectivity index is 1.72. The molecule has 0 aromatic carbocycles. The quantitative estimate of drug-likeness (QED) is 0.723. The van der Waals surface area contributed by atoms with Crippen LogP contribution in [0, 0.1) is 11.8 Å². The minimum Gasteiger partial charge on any atom is -0.316 e. The highest BCUT2D eigenvalue weighted by atomic mass is 15.1. The third-order valence-corrected chi connectivity index (χ3v) is 3.66. The first-order valence-corrected chi connectivity index (χ1v) is 6.27. The van der Waals surface area contributed by atoms with Gasteiger partial charge in [0.25, 0.3) is 0 Å². The fraction of sp³-hybridized carbons (Fsp3) is 1.00. The normalized spacial score (nSPS) is 35.8.